The molecule has 0 aromatic heterocycles. The predicted molar refractivity (Wildman–Crippen MR) is 101 cm³/mol. The van der Waals surface area contributed by atoms with Crippen LogP contribution in [0, 0.1) is 22.7 Å². The van der Waals surface area contributed by atoms with Crippen molar-refractivity contribution in [1.82, 2.24) is 0 Å². The van der Waals surface area contributed by atoms with Crippen molar-refractivity contribution < 1.29 is 24.2 Å². The summed E-state index contributed by atoms with van der Waals surface area (Å²) in [6.07, 6.45) is 3.02. The Labute approximate surface area is 160 Å². The third kappa shape index (κ3) is 3.20. The number of carbonyl (C=O) groups excluding carboxylic acids is 3. The first-order chi connectivity index (χ1) is 12.5. The van der Waals surface area contributed by atoms with E-state index in [9.17, 15) is 19.5 Å². The van der Waals surface area contributed by atoms with Gasteiger partial charge in [-0.25, -0.2) is 0 Å². The number of ether oxygens (including phenoxy) is 1. The van der Waals surface area contributed by atoms with Gasteiger partial charge in [0.2, 0.25) is 0 Å². The number of hydrogen-bond donors (Lipinski definition) is 1. The molecule has 0 heterocycles. The number of carbonyl (C=O) groups is 3. The summed E-state index contributed by atoms with van der Waals surface area (Å²) in [6, 6.07) is 0. The molecule has 0 radical (unpaired) electrons. The van der Waals surface area contributed by atoms with Crippen LogP contribution in [-0.4, -0.2) is 34.9 Å². The molecule has 5 atom stereocenters. The quantitative estimate of drug-likeness (QED) is 0.563. The second kappa shape index (κ2) is 6.69. The summed E-state index contributed by atoms with van der Waals surface area (Å²) in [7, 11) is 0. The number of hydrogen-bond acceptors (Lipinski definition) is 5. The summed E-state index contributed by atoms with van der Waals surface area (Å²) in [5.74, 6) is -0.718. The number of fused-ring (bicyclic) bond motifs is 2. The van der Waals surface area contributed by atoms with Crippen LogP contribution < -0.4 is 0 Å². The molecule has 0 aliphatic heterocycles. The van der Waals surface area contributed by atoms with Gasteiger partial charge in [-0.1, -0.05) is 33.4 Å². The Balaban J connectivity index is 2.02. The molecule has 3 rings (SSSR count). The van der Waals surface area contributed by atoms with Crippen LogP contribution in [0.2, 0.25) is 0 Å². The molecule has 27 heavy (non-hydrogen) atoms. The Morgan fingerprint density at radius 3 is 2.56 bits per heavy atom. The van der Waals surface area contributed by atoms with Crippen LogP contribution in [0.3, 0.4) is 0 Å². The lowest BCUT2D eigenvalue weighted by atomic mass is 9.52. The standard InChI is InChI=1S/C22H30O5/c1-12-14-6-7-18(25)22(5)9-8-19(27-13(2)23)21(3,4)17(22)11-16(24)15(10-14)20(12)26/h10,14,16-17,19,24H,1,6-9,11H2,2-5H3/t14-,16+,17?,19+,22-/m0/s1. The first-order valence-corrected chi connectivity index (χ1v) is 9.82. The maximum atomic E-state index is 13.3. The Hall–Kier alpha value is -1.75. The average molecular weight is 374 g/mol. The zero-order valence-corrected chi connectivity index (χ0v) is 16.7. The van der Waals surface area contributed by atoms with Crippen molar-refractivity contribution in [3.63, 3.8) is 0 Å². The summed E-state index contributed by atoms with van der Waals surface area (Å²) in [4.78, 5) is 37.4. The molecular weight excluding hydrogens is 344 g/mol. The van der Waals surface area contributed by atoms with Crippen LogP contribution >= 0.6 is 0 Å². The molecule has 0 saturated heterocycles. The topological polar surface area (TPSA) is 80.7 Å². The number of Topliss-reactive ketones (excluding diaryl/α,β-unsaturated/α-hetero) is 2. The van der Waals surface area contributed by atoms with E-state index in [0.29, 0.717) is 43.3 Å². The zero-order valence-electron chi connectivity index (χ0n) is 16.7. The fourth-order valence-corrected chi connectivity index (χ4v) is 5.52. The first-order valence-electron chi connectivity index (χ1n) is 9.82. The Bertz CT molecular complexity index is 731. The molecular formula is C22H30O5. The second-order valence-electron chi connectivity index (χ2n) is 9.22. The van der Waals surface area contributed by atoms with Gasteiger partial charge in [0.15, 0.2) is 5.78 Å². The van der Waals surface area contributed by atoms with E-state index < -0.39 is 16.9 Å². The Morgan fingerprint density at radius 2 is 1.93 bits per heavy atom. The van der Waals surface area contributed by atoms with E-state index in [1.807, 2.05) is 20.8 Å². The number of aliphatic hydroxyl groups excluding tert-OH is 1. The molecule has 0 amide bonds. The summed E-state index contributed by atoms with van der Waals surface area (Å²) >= 11 is 0. The molecule has 0 aromatic rings. The van der Waals surface area contributed by atoms with Gasteiger partial charge in [0.05, 0.1) is 6.10 Å². The minimum absolute atomic E-state index is 0.156. The summed E-state index contributed by atoms with van der Waals surface area (Å²) in [6.45, 7) is 11.3. The lowest BCUT2D eigenvalue weighted by molar-refractivity contribution is -0.173. The number of rotatable bonds is 1. The van der Waals surface area contributed by atoms with Gasteiger partial charge in [-0.15, -0.1) is 0 Å². The molecule has 1 unspecified atom stereocenters. The van der Waals surface area contributed by atoms with E-state index in [-0.39, 0.29) is 35.5 Å². The van der Waals surface area contributed by atoms with E-state index in [1.54, 1.807) is 6.08 Å². The van der Waals surface area contributed by atoms with Gasteiger partial charge < -0.3 is 9.84 Å². The molecule has 5 heteroatoms. The Kier molecular flexibility index (Phi) is 4.96. The zero-order chi connectivity index (χ0) is 20.1. The summed E-state index contributed by atoms with van der Waals surface area (Å²) in [5.41, 5.74) is -0.216. The molecule has 1 saturated carbocycles. The molecule has 148 valence electrons. The van der Waals surface area contributed by atoms with E-state index in [0.717, 1.165) is 0 Å². The maximum Gasteiger partial charge on any atom is 0.302 e. The lowest BCUT2D eigenvalue weighted by Crippen LogP contribution is -2.55. The van der Waals surface area contributed by atoms with Gasteiger partial charge in [-0.3, -0.25) is 14.4 Å². The van der Waals surface area contributed by atoms with Gasteiger partial charge in [-0.05, 0) is 37.2 Å². The fraction of sp³-hybridized carbons (Fsp3) is 0.682. The van der Waals surface area contributed by atoms with Gasteiger partial charge >= 0.3 is 5.97 Å². The Morgan fingerprint density at radius 1 is 1.26 bits per heavy atom. The molecule has 3 aliphatic rings. The highest BCUT2D eigenvalue weighted by molar-refractivity contribution is 6.11. The monoisotopic (exact) mass is 374 g/mol. The van der Waals surface area contributed by atoms with Crippen LogP contribution in [0.4, 0.5) is 0 Å². The van der Waals surface area contributed by atoms with E-state index in [2.05, 4.69) is 6.58 Å². The van der Waals surface area contributed by atoms with Gasteiger partial charge in [0.1, 0.15) is 11.9 Å². The highest BCUT2D eigenvalue weighted by atomic mass is 16.5. The maximum absolute atomic E-state index is 13.3. The predicted octanol–water partition coefficient (Wildman–Crippen LogP) is 3.16. The minimum Gasteiger partial charge on any atom is -0.462 e. The molecule has 0 spiro atoms. The fourth-order valence-electron chi connectivity index (χ4n) is 5.52. The van der Waals surface area contributed by atoms with Gasteiger partial charge in [-0.2, -0.15) is 0 Å². The molecule has 1 fully saturated rings. The van der Waals surface area contributed by atoms with Crippen molar-refractivity contribution in [3.8, 4) is 0 Å². The van der Waals surface area contributed by atoms with Gasteiger partial charge in [0.25, 0.3) is 0 Å². The third-order valence-corrected chi connectivity index (χ3v) is 7.25. The highest BCUT2D eigenvalue weighted by Gasteiger charge is 2.56. The summed E-state index contributed by atoms with van der Waals surface area (Å²) < 4.78 is 5.57. The van der Waals surface area contributed by atoms with Crippen molar-refractivity contribution >= 4 is 17.5 Å². The van der Waals surface area contributed by atoms with Gasteiger partial charge in [0, 0.05) is 35.7 Å². The van der Waals surface area contributed by atoms with Crippen molar-refractivity contribution in [2.45, 2.75) is 72.0 Å². The number of esters is 1. The SMILES string of the molecule is C=C1C(=O)C2=C[C@@H]1CCC(=O)[C@@]1(C)CC[C@@H](OC(C)=O)C(C)(C)C1C[C@H]2O. The van der Waals surface area contributed by atoms with Crippen LogP contribution in [0.25, 0.3) is 0 Å². The number of allylic oxidation sites excluding steroid dienone is 2. The van der Waals surface area contributed by atoms with Crippen molar-refractivity contribution in [2.24, 2.45) is 22.7 Å². The van der Waals surface area contributed by atoms with Crippen LogP contribution in [0.15, 0.2) is 23.8 Å². The van der Waals surface area contributed by atoms with E-state index in [4.69, 9.17) is 4.74 Å². The molecule has 2 bridgehead atoms. The number of ketones is 2. The third-order valence-electron chi connectivity index (χ3n) is 7.25. The lowest BCUT2D eigenvalue weighted by Gasteiger charge is -2.54. The highest BCUT2D eigenvalue weighted by Crippen LogP contribution is 2.56. The summed E-state index contributed by atoms with van der Waals surface area (Å²) in [5, 5.41) is 10.9. The normalized spacial score (nSPS) is 38.9. The molecule has 5 nitrogen and oxygen atoms in total. The van der Waals surface area contributed by atoms with E-state index in [1.165, 1.54) is 6.92 Å². The van der Waals surface area contributed by atoms with Crippen molar-refractivity contribution in [3.05, 3.63) is 23.8 Å². The molecule has 0 aromatic carbocycles. The van der Waals surface area contributed by atoms with Crippen LogP contribution in [-0.2, 0) is 19.1 Å². The average Bonchev–Trinajstić information content (AvgIpc) is 2.86. The largest absolute Gasteiger partial charge is 0.462 e. The molecule has 3 aliphatic carbocycles. The van der Waals surface area contributed by atoms with Crippen molar-refractivity contribution in [2.75, 3.05) is 0 Å². The second-order valence-corrected chi connectivity index (χ2v) is 9.22. The molecule has 1 N–H and O–H groups in total. The van der Waals surface area contributed by atoms with E-state index >= 15 is 0 Å². The van der Waals surface area contributed by atoms with Crippen LogP contribution in [0.1, 0.15) is 59.8 Å². The minimum atomic E-state index is -0.940. The van der Waals surface area contributed by atoms with Crippen LogP contribution in [0.5, 0.6) is 0 Å². The number of aliphatic hydroxyl groups is 1. The van der Waals surface area contributed by atoms with Crippen molar-refractivity contribution in [1.29, 1.82) is 0 Å². The first kappa shape index (κ1) is 20.0. The smallest absolute Gasteiger partial charge is 0.302 e.